The molecule has 7 heteroatoms. The van der Waals surface area contributed by atoms with Crippen LogP contribution in [-0.4, -0.2) is 35.0 Å². The largest absolute Gasteiger partial charge is 0.495 e. The number of ether oxygens (including phenoxy) is 1. The van der Waals surface area contributed by atoms with E-state index in [1.165, 1.54) is 26.3 Å². The summed E-state index contributed by atoms with van der Waals surface area (Å²) in [7, 11) is -0.888. The molecule has 2 rings (SSSR count). The lowest BCUT2D eigenvalue weighted by atomic mass is 10.1. The van der Waals surface area contributed by atoms with Crippen molar-refractivity contribution >= 4 is 22.0 Å². The van der Waals surface area contributed by atoms with E-state index in [0.717, 1.165) is 12.8 Å². The van der Waals surface area contributed by atoms with E-state index in [4.69, 9.17) is 4.74 Å². The first-order valence-electron chi connectivity index (χ1n) is 7.37. The molecule has 1 aromatic carbocycles. The van der Waals surface area contributed by atoms with Crippen molar-refractivity contribution in [2.24, 2.45) is 5.41 Å². The van der Waals surface area contributed by atoms with Crippen molar-refractivity contribution in [1.82, 2.24) is 10.0 Å². The molecule has 126 valence electrons. The standard InChI is InChI=1S/C16H22N2O4S/c1-16(8-9-16)11-18-15(19)7-5-12-4-6-13(22-3)14(10-12)23(20,21)17-2/h4-7,10,17H,8-9,11H2,1-3H3,(H,18,19)/b7-5-. The predicted octanol–water partition coefficient (Wildman–Crippen LogP) is 1.53. The van der Waals surface area contributed by atoms with Gasteiger partial charge in [0.15, 0.2) is 0 Å². The summed E-state index contributed by atoms with van der Waals surface area (Å²) in [4.78, 5) is 11.8. The Morgan fingerprint density at radius 3 is 2.65 bits per heavy atom. The van der Waals surface area contributed by atoms with E-state index in [1.54, 1.807) is 18.2 Å². The van der Waals surface area contributed by atoms with E-state index in [1.807, 2.05) is 0 Å². The second kappa shape index (κ2) is 6.72. The molecule has 0 saturated heterocycles. The molecule has 6 nitrogen and oxygen atoms in total. The van der Waals surface area contributed by atoms with Crippen molar-refractivity contribution in [3.8, 4) is 5.75 Å². The van der Waals surface area contributed by atoms with Crippen LogP contribution in [0.3, 0.4) is 0 Å². The molecule has 0 spiro atoms. The van der Waals surface area contributed by atoms with Gasteiger partial charge in [-0.15, -0.1) is 0 Å². The fourth-order valence-corrected chi connectivity index (χ4v) is 2.97. The number of hydrogen-bond donors (Lipinski definition) is 2. The maximum atomic E-state index is 12.0. The highest BCUT2D eigenvalue weighted by Gasteiger charge is 2.37. The topological polar surface area (TPSA) is 84.5 Å². The second-order valence-corrected chi connectivity index (χ2v) is 7.83. The first-order chi connectivity index (χ1) is 10.8. The lowest BCUT2D eigenvalue weighted by molar-refractivity contribution is -0.116. The summed E-state index contributed by atoms with van der Waals surface area (Å²) in [5.74, 6) is 0.0644. The zero-order valence-electron chi connectivity index (χ0n) is 13.5. The fourth-order valence-electron chi connectivity index (χ4n) is 2.04. The molecule has 0 unspecified atom stereocenters. The monoisotopic (exact) mass is 338 g/mol. The van der Waals surface area contributed by atoms with Crippen LogP contribution in [-0.2, 0) is 14.8 Å². The first kappa shape index (κ1) is 17.5. The van der Waals surface area contributed by atoms with Crippen LogP contribution in [0.15, 0.2) is 29.2 Å². The van der Waals surface area contributed by atoms with Gasteiger partial charge in [0.1, 0.15) is 10.6 Å². The summed E-state index contributed by atoms with van der Waals surface area (Å²) < 4.78 is 31.3. The van der Waals surface area contributed by atoms with Gasteiger partial charge in [-0.05, 0) is 49.1 Å². The van der Waals surface area contributed by atoms with Gasteiger partial charge < -0.3 is 10.1 Å². The minimum atomic E-state index is -3.63. The molecule has 1 saturated carbocycles. The van der Waals surface area contributed by atoms with Crippen molar-refractivity contribution in [1.29, 1.82) is 0 Å². The van der Waals surface area contributed by atoms with E-state index in [-0.39, 0.29) is 22.0 Å². The van der Waals surface area contributed by atoms with Crippen molar-refractivity contribution < 1.29 is 17.9 Å². The van der Waals surface area contributed by atoms with Crippen LogP contribution >= 0.6 is 0 Å². The van der Waals surface area contributed by atoms with Crippen LogP contribution in [0.25, 0.3) is 6.08 Å². The Morgan fingerprint density at radius 2 is 2.09 bits per heavy atom. The number of carbonyl (C=O) groups is 1. The zero-order valence-corrected chi connectivity index (χ0v) is 14.4. The Bertz CT molecular complexity index is 722. The van der Waals surface area contributed by atoms with Crippen LogP contribution in [0.4, 0.5) is 0 Å². The fraction of sp³-hybridized carbons (Fsp3) is 0.438. The van der Waals surface area contributed by atoms with Gasteiger partial charge in [-0.1, -0.05) is 13.0 Å². The number of nitrogens with one attached hydrogen (secondary N) is 2. The van der Waals surface area contributed by atoms with Crippen LogP contribution in [0.5, 0.6) is 5.75 Å². The van der Waals surface area contributed by atoms with Crippen molar-refractivity contribution in [3.63, 3.8) is 0 Å². The Kier molecular flexibility index (Phi) is 5.11. The molecular weight excluding hydrogens is 316 g/mol. The molecule has 23 heavy (non-hydrogen) atoms. The Morgan fingerprint density at radius 1 is 1.39 bits per heavy atom. The quantitative estimate of drug-likeness (QED) is 0.739. The van der Waals surface area contributed by atoms with Crippen molar-refractivity contribution in [2.45, 2.75) is 24.7 Å². The van der Waals surface area contributed by atoms with Gasteiger partial charge in [0.2, 0.25) is 15.9 Å². The minimum absolute atomic E-state index is 0.0375. The summed E-state index contributed by atoms with van der Waals surface area (Å²) in [6.07, 6.45) is 5.27. The molecule has 1 aromatic rings. The number of sulfonamides is 1. The van der Waals surface area contributed by atoms with Crippen molar-refractivity contribution in [3.05, 3.63) is 29.8 Å². The van der Waals surface area contributed by atoms with E-state index in [2.05, 4.69) is 17.0 Å². The molecule has 1 aliphatic carbocycles. The van der Waals surface area contributed by atoms with E-state index < -0.39 is 10.0 Å². The highest BCUT2D eigenvalue weighted by atomic mass is 32.2. The third-order valence-electron chi connectivity index (χ3n) is 3.97. The predicted molar refractivity (Wildman–Crippen MR) is 88.6 cm³/mol. The summed E-state index contributed by atoms with van der Waals surface area (Å²) in [5, 5.41) is 2.85. The molecule has 1 aliphatic rings. The third kappa shape index (κ3) is 4.56. The molecule has 1 fully saturated rings. The van der Waals surface area contributed by atoms with Crippen LogP contribution in [0.2, 0.25) is 0 Å². The van der Waals surface area contributed by atoms with E-state index >= 15 is 0 Å². The maximum absolute atomic E-state index is 12.0. The van der Waals surface area contributed by atoms with Gasteiger partial charge in [-0.25, -0.2) is 13.1 Å². The first-order valence-corrected chi connectivity index (χ1v) is 8.85. The summed E-state index contributed by atoms with van der Waals surface area (Å²) in [6.45, 7) is 2.80. The Labute approximate surface area is 137 Å². The van der Waals surface area contributed by atoms with Gasteiger partial charge in [-0.3, -0.25) is 4.79 Å². The number of hydrogen-bond acceptors (Lipinski definition) is 4. The molecule has 0 radical (unpaired) electrons. The average molecular weight is 338 g/mol. The smallest absolute Gasteiger partial charge is 0.244 e. The molecule has 1 amide bonds. The molecule has 0 heterocycles. The van der Waals surface area contributed by atoms with E-state index in [0.29, 0.717) is 12.1 Å². The Balaban J connectivity index is 2.12. The lowest BCUT2D eigenvalue weighted by Crippen LogP contribution is -2.27. The second-order valence-electron chi connectivity index (χ2n) is 5.98. The Hall–Kier alpha value is -1.86. The SMILES string of the molecule is CNS(=O)(=O)c1cc(/C=C\C(=O)NCC2(C)CC2)ccc1OC. The molecule has 2 N–H and O–H groups in total. The molecule has 0 aromatic heterocycles. The van der Waals surface area contributed by atoms with Crippen LogP contribution in [0, 0.1) is 5.41 Å². The van der Waals surface area contributed by atoms with Gasteiger partial charge in [0.25, 0.3) is 0 Å². The zero-order chi connectivity index (χ0) is 17.1. The number of rotatable bonds is 7. The average Bonchev–Trinajstić information content (AvgIpc) is 3.28. The molecular formula is C16H22N2O4S. The van der Waals surface area contributed by atoms with Gasteiger partial charge >= 0.3 is 0 Å². The lowest BCUT2D eigenvalue weighted by Gasteiger charge is -2.10. The van der Waals surface area contributed by atoms with Gasteiger partial charge in [0, 0.05) is 12.6 Å². The number of methoxy groups -OCH3 is 1. The summed E-state index contributed by atoms with van der Waals surface area (Å²) in [5.41, 5.74) is 0.852. The highest BCUT2D eigenvalue weighted by Crippen LogP contribution is 2.43. The van der Waals surface area contributed by atoms with E-state index in [9.17, 15) is 13.2 Å². The highest BCUT2D eigenvalue weighted by molar-refractivity contribution is 7.89. The van der Waals surface area contributed by atoms with Crippen molar-refractivity contribution in [2.75, 3.05) is 20.7 Å². The molecule has 0 aliphatic heterocycles. The summed E-state index contributed by atoms with van der Waals surface area (Å²) >= 11 is 0. The maximum Gasteiger partial charge on any atom is 0.244 e. The van der Waals surface area contributed by atoms with Crippen LogP contribution in [0.1, 0.15) is 25.3 Å². The number of amides is 1. The number of carbonyl (C=O) groups excluding carboxylic acids is 1. The normalized spacial score (nSPS) is 16.3. The summed E-state index contributed by atoms with van der Waals surface area (Å²) in [6, 6.07) is 4.73. The minimum Gasteiger partial charge on any atom is -0.495 e. The van der Waals surface area contributed by atoms with Gasteiger partial charge in [0.05, 0.1) is 7.11 Å². The van der Waals surface area contributed by atoms with Crippen LogP contribution < -0.4 is 14.8 Å². The number of benzene rings is 1. The third-order valence-corrected chi connectivity index (χ3v) is 5.40. The van der Waals surface area contributed by atoms with Gasteiger partial charge in [-0.2, -0.15) is 0 Å². The molecule has 0 atom stereocenters. The molecule has 0 bridgehead atoms.